The van der Waals surface area contributed by atoms with Gasteiger partial charge in [-0.3, -0.25) is 4.90 Å². The fourth-order valence-electron chi connectivity index (χ4n) is 2.95. The summed E-state index contributed by atoms with van der Waals surface area (Å²) in [5.74, 6) is 0. The van der Waals surface area contributed by atoms with Crippen LogP contribution >= 0.6 is 27.3 Å². The van der Waals surface area contributed by atoms with Gasteiger partial charge in [-0.2, -0.15) is 0 Å². The zero-order valence-electron chi connectivity index (χ0n) is 12.6. The minimum Gasteiger partial charge on any atom is -0.311 e. The van der Waals surface area contributed by atoms with Crippen molar-refractivity contribution in [1.82, 2.24) is 15.1 Å². The third-order valence-electron chi connectivity index (χ3n) is 4.10. The minimum atomic E-state index is 0.776. The average Bonchev–Trinajstić information content (AvgIpc) is 3.06. The van der Waals surface area contributed by atoms with Gasteiger partial charge in [-0.25, -0.2) is 0 Å². The maximum absolute atomic E-state index is 3.55. The molecule has 0 aromatic carbocycles. The SMILES string of the molecule is CCN(CC)C1CCN(CCNCc2cc(Br)cs2)C1. The van der Waals surface area contributed by atoms with Gasteiger partial charge >= 0.3 is 0 Å². The van der Waals surface area contributed by atoms with E-state index in [1.165, 1.54) is 48.5 Å². The molecule has 1 unspecified atom stereocenters. The van der Waals surface area contributed by atoms with Gasteiger partial charge < -0.3 is 10.2 Å². The second-order valence-corrected chi connectivity index (χ2v) is 7.28. The molecule has 0 amide bonds. The monoisotopic (exact) mass is 359 g/mol. The molecule has 2 heterocycles. The van der Waals surface area contributed by atoms with E-state index in [0.29, 0.717) is 0 Å². The molecule has 1 fully saturated rings. The van der Waals surface area contributed by atoms with Gasteiger partial charge in [-0.05, 0) is 48.1 Å². The van der Waals surface area contributed by atoms with Crippen LogP contribution in [0.25, 0.3) is 0 Å². The number of nitrogens with zero attached hydrogens (tertiary/aromatic N) is 2. The number of likely N-dealkylation sites (tertiary alicyclic amines) is 1. The molecule has 1 aromatic heterocycles. The van der Waals surface area contributed by atoms with E-state index >= 15 is 0 Å². The lowest BCUT2D eigenvalue weighted by Gasteiger charge is -2.26. The van der Waals surface area contributed by atoms with Crippen molar-refractivity contribution < 1.29 is 0 Å². The molecule has 20 heavy (non-hydrogen) atoms. The zero-order chi connectivity index (χ0) is 14.4. The lowest BCUT2D eigenvalue weighted by atomic mass is 10.2. The quantitative estimate of drug-likeness (QED) is 0.719. The minimum absolute atomic E-state index is 0.776. The fourth-order valence-corrected chi connectivity index (χ4v) is 4.37. The Kier molecular flexibility index (Phi) is 6.97. The molecule has 1 aliphatic heterocycles. The Bertz CT molecular complexity index is 392. The van der Waals surface area contributed by atoms with Gasteiger partial charge in [0.25, 0.3) is 0 Å². The maximum atomic E-state index is 3.55. The highest BCUT2D eigenvalue weighted by Crippen LogP contribution is 2.19. The predicted molar refractivity (Wildman–Crippen MR) is 91.5 cm³/mol. The van der Waals surface area contributed by atoms with Crippen LogP contribution in [0.5, 0.6) is 0 Å². The molecular weight excluding hydrogens is 334 g/mol. The van der Waals surface area contributed by atoms with Crippen LogP contribution in [0.1, 0.15) is 25.1 Å². The summed E-state index contributed by atoms with van der Waals surface area (Å²) in [5.41, 5.74) is 0. The van der Waals surface area contributed by atoms with E-state index in [1.807, 2.05) is 11.3 Å². The second-order valence-electron chi connectivity index (χ2n) is 5.37. The van der Waals surface area contributed by atoms with Crippen LogP contribution in [0.15, 0.2) is 15.9 Å². The molecule has 0 bridgehead atoms. The molecule has 0 saturated carbocycles. The maximum Gasteiger partial charge on any atom is 0.0300 e. The molecule has 0 aliphatic carbocycles. The van der Waals surface area contributed by atoms with Crippen molar-refractivity contribution in [3.63, 3.8) is 0 Å². The molecule has 1 atom stereocenters. The lowest BCUT2D eigenvalue weighted by molar-refractivity contribution is 0.211. The van der Waals surface area contributed by atoms with Crippen molar-refractivity contribution in [2.24, 2.45) is 0 Å². The molecule has 114 valence electrons. The third-order valence-corrected chi connectivity index (χ3v) is 5.80. The number of thiophene rings is 1. The van der Waals surface area contributed by atoms with Crippen LogP contribution in [0.4, 0.5) is 0 Å². The molecule has 3 nitrogen and oxygen atoms in total. The number of halogens is 1. The Balaban J connectivity index is 1.61. The van der Waals surface area contributed by atoms with Gasteiger partial charge in [0.15, 0.2) is 0 Å². The van der Waals surface area contributed by atoms with E-state index in [-0.39, 0.29) is 0 Å². The van der Waals surface area contributed by atoms with Crippen LogP contribution in [0, 0.1) is 0 Å². The first-order valence-electron chi connectivity index (χ1n) is 7.63. The summed E-state index contributed by atoms with van der Waals surface area (Å²) in [7, 11) is 0. The van der Waals surface area contributed by atoms with E-state index in [0.717, 1.165) is 19.1 Å². The predicted octanol–water partition coefficient (Wildman–Crippen LogP) is 3.02. The van der Waals surface area contributed by atoms with Crippen LogP contribution in [0.2, 0.25) is 0 Å². The van der Waals surface area contributed by atoms with Gasteiger partial charge in [-0.1, -0.05) is 13.8 Å². The molecule has 0 spiro atoms. The van der Waals surface area contributed by atoms with E-state index < -0.39 is 0 Å². The Morgan fingerprint density at radius 3 is 2.90 bits per heavy atom. The van der Waals surface area contributed by atoms with E-state index in [2.05, 4.69) is 56.3 Å². The first kappa shape index (κ1) is 16.4. The zero-order valence-corrected chi connectivity index (χ0v) is 15.0. The Morgan fingerprint density at radius 1 is 1.45 bits per heavy atom. The van der Waals surface area contributed by atoms with Gasteiger partial charge in [0.2, 0.25) is 0 Å². The second kappa shape index (κ2) is 8.49. The number of hydrogen-bond donors (Lipinski definition) is 1. The molecule has 5 heteroatoms. The summed E-state index contributed by atoms with van der Waals surface area (Å²) in [5, 5.41) is 5.69. The fraction of sp³-hybridized carbons (Fsp3) is 0.733. The van der Waals surface area contributed by atoms with Crippen LogP contribution in [0.3, 0.4) is 0 Å². The van der Waals surface area contributed by atoms with Crippen molar-refractivity contribution >= 4 is 27.3 Å². The number of likely N-dealkylation sites (N-methyl/N-ethyl adjacent to an activating group) is 1. The topological polar surface area (TPSA) is 18.5 Å². The Morgan fingerprint density at radius 2 is 2.25 bits per heavy atom. The summed E-state index contributed by atoms with van der Waals surface area (Å²) in [6.07, 6.45) is 1.33. The molecule has 0 radical (unpaired) electrons. The summed E-state index contributed by atoms with van der Waals surface area (Å²) >= 11 is 5.31. The van der Waals surface area contributed by atoms with Crippen molar-refractivity contribution in [3.05, 3.63) is 20.8 Å². The van der Waals surface area contributed by atoms with Crippen LogP contribution in [-0.2, 0) is 6.54 Å². The largest absolute Gasteiger partial charge is 0.311 e. The summed E-state index contributed by atoms with van der Waals surface area (Å²) in [4.78, 5) is 6.59. The van der Waals surface area contributed by atoms with E-state index in [4.69, 9.17) is 0 Å². The summed E-state index contributed by atoms with van der Waals surface area (Å²) in [6, 6.07) is 2.97. The third kappa shape index (κ3) is 4.81. The smallest absolute Gasteiger partial charge is 0.0300 e. The Hall–Kier alpha value is 0.0600. The highest BCUT2D eigenvalue weighted by Gasteiger charge is 2.25. The molecular formula is C15H26BrN3S. The van der Waals surface area contributed by atoms with Crippen molar-refractivity contribution in [1.29, 1.82) is 0 Å². The van der Waals surface area contributed by atoms with E-state index in [1.54, 1.807) is 0 Å². The van der Waals surface area contributed by atoms with Gasteiger partial charge in [-0.15, -0.1) is 11.3 Å². The lowest BCUT2D eigenvalue weighted by Crippen LogP contribution is -2.38. The van der Waals surface area contributed by atoms with Crippen LogP contribution in [-0.4, -0.2) is 55.1 Å². The highest BCUT2D eigenvalue weighted by atomic mass is 79.9. The summed E-state index contributed by atoms with van der Waals surface area (Å²) < 4.78 is 1.20. The highest BCUT2D eigenvalue weighted by molar-refractivity contribution is 9.10. The van der Waals surface area contributed by atoms with Gasteiger partial charge in [0, 0.05) is 47.0 Å². The van der Waals surface area contributed by atoms with Crippen molar-refractivity contribution in [3.8, 4) is 0 Å². The normalized spacial score (nSPS) is 20.1. The molecule has 1 aromatic rings. The Labute approximate surface area is 135 Å². The summed E-state index contributed by atoms with van der Waals surface area (Å²) in [6.45, 7) is 12.6. The van der Waals surface area contributed by atoms with Crippen molar-refractivity contribution in [2.45, 2.75) is 32.9 Å². The molecule has 1 N–H and O–H groups in total. The first-order chi connectivity index (χ1) is 9.72. The van der Waals surface area contributed by atoms with Gasteiger partial charge in [0.05, 0.1) is 0 Å². The van der Waals surface area contributed by atoms with Crippen molar-refractivity contribution in [2.75, 3.05) is 39.3 Å². The first-order valence-corrected chi connectivity index (χ1v) is 9.30. The molecule has 2 rings (SSSR count). The number of rotatable bonds is 8. The molecule has 1 saturated heterocycles. The number of hydrogen-bond acceptors (Lipinski definition) is 4. The molecule has 1 aliphatic rings. The van der Waals surface area contributed by atoms with E-state index in [9.17, 15) is 0 Å². The van der Waals surface area contributed by atoms with Gasteiger partial charge in [0.1, 0.15) is 0 Å². The van der Waals surface area contributed by atoms with Crippen LogP contribution < -0.4 is 5.32 Å². The standard InChI is InChI=1S/C15H26BrN3S/c1-3-19(4-2)14-5-7-18(11-14)8-6-17-10-15-9-13(16)12-20-15/h9,12,14,17H,3-8,10-11H2,1-2H3. The average molecular weight is 360 g/mol. The number of nitrogens with one attached hydrogen (secondary N) is 1.